The monoisotopic (exact) mass is 373 g/mol. The number of hydrogen-bond donors (Lipinski definition) is 0. The number of nitrogens with zero attached hydrogens (tertiary/aromatic N) is 1. The number of esters is 1. The van der Waals surface area contributed by atoms with Crippen molar-refractivity contribution in [2.24, 2.45) is 17.8 Å². The molecule has 0 unspecified atom stereocenters. The van der Waals surface area contributed by atoms with Crippen LogP contribution in [-0.4, -0.2) is 12.1 Å². The lowest BCUT2D eigenvalue weighted by atomic mass is 9.79. The van der Waals surface area contributed by atoms with Crippen LogP contribution in [0.3, 0.4) is 0 Å². The molecule has 0 aromatic carbocycles. The summed E-state index contributed by atoms with van der Waals surface area (Å²) in [6.45, 7) is 2.26. The summed E-state index contributed by atoms with van der Waals surface area (Å²) in [5, 5.41) is 8.52. The predicted molar refractivity (Wildman–Crippen MR) is 110 cm³/mol. The third-order valence-corrected chi connectivity index (χ3v) is 6.66. The summed E-state index contributed by atoms with van der Waals surface area (Å²) in [5.74, 6) is 1.81. The van der Waals surface area contributed by atoms with Crippen LogP contribution in [0.4, 0.5) is 0 Å². The zero-order valence-electron chi connectivity index (χ0n) is 17.3. The Bertz CT molecular complexity index is 477. The van der Waals surface area contributed by atoms with Crippen LogP contribution in [0.25, 0.3) is 0 Å². The summed E-state index contributed by atoms with van der Waals surface area (Å²) in [6.07, 6.45) is 21.5. The van der Waals surface area contributed by atoms with Gasteiger partial charge in [0.2, 0.25) is 0 Å². The minimum atomic E-state index is 0.0832. The lowest BCUT2D eigenvalue weighted by Gasteiger charge is -2.31. The average molecular weight is 374 g/mol. The third kappa shape index (κ3) is 8.50. The quantitative estimate of drug-likeness (QED) is 0.242. The van der Waals surface area contributed by atoms with Gasteiger partial charge in [-0.3, -0.25) is 4.79 Å². The number of unbranched alkanes of at least 4 members (excludes halogenated alkanes) is 3. The molecule has 2 rings (SSSR count). The SMILES string of the molecule is CCCCCCC1CCC(C(=O)OC2CCC(CC/C=C/C#N)CC2)CC1. The first-order valence-electron chi connectivity index (χ1n) is 11.5. The predicted octanol–water partition coefficient (Wildman–Crippen LogP) is 6.73. The van der Waals surface area contributed by atoms with Gasteiger partial charge in [0.15, 0.2) is 0 Å². The highest BCUT2D eigenvalue weighted by Gasteiger charge is 2.30. The van der Waals surface area contributed by atoms with E-state index in [-0.39, 0.29) is 18.0 Å². The Kier molecular flexibility index (Phi) is 10.6. The van der Waals surface area contributed by atoms with Crippen LogP contribution in [0.2, 0.25) is 0 Å². The first-order chi connectivity index (χ1) is 13.2. The zero-order valence-corrected chi connectivity index (χ0v) is 17.3. The fraction of sp³-hybridized carbons (Fsp3) is 0.833. The molecule has 0 N–H and O–H groups in total. The molecule has 3 nitrogen and oxygen atoms in total. The van der Waals surface area contributed by atoms with E-state index in [1.54, 1.807) is 6.08 Å². The van der Waals surface area contributed by atoms with Gasteiger partial charge in [-0.25, -0.2) is 0 Å². The highest BCUT2D eigenvalue weighted by Crippen LogP contribution is 2.34. The fourth-order valence-electron chi connectivity index (χ4n) is 4.81. The Morgan fingerprint density at radius 2 is 1.63 bits per heavy atom. The van der Waals surface area contributed by atoms with E-state index in [4.69, 9.17) is 10.00 Å². The summed E-state index contributed by atoms with van der Waals surface area (Å²) in [5.41, 5.74) is 0. The number of hydrogen-bond acceptors (Lipinski definition) is 3. The summed E-state index contributed by atoms with van der Waals surface area (Å²) in [6, 6.07) is 2.04. The highest BCUT2D eigenvalue weighted by atomic mass is 16.5. The fourth-order valence-corrected chi connectivity index (χ4v) is 4.81. The number of nitriles is 1. The standard InChI is InChI=1S/C24H39NO2/c1-2-3-4-6-9-20-11-15-22(16-12-20)24(26)27-23-17-13-21(14-18-23)10-7-5-8-19-25/h5,8,20-23H,2-4,6-7,9-18H2,1H3/b8-5+. The van der Waals surface area contributed by atoms with E-state index in [0.29, 0.717) is 0 Å². The van der Waals surface area contributed by atoms with Gasteiger partial charge >= 0.3 is 5.97 Å². The van der Waals surface area contributed by atoms with Crippen LogP contribution >= 0.6 is 0 Å². The number of ether oxygens (including phenoxy) is 1. The van der Waals surface area contributed by atoms with Crippen LogP contribution < -0.4 is 0 Å². The molecular formula is C24H39NO2. The van der Waals surface area contributed by atoms with Gasteiger partial charge in [0.25, 0.3) is 0 Å². The van der Waals surface area contributed by atoms with Crippen molar-refractivity contribution in [2.75, 3.05) is 0 Å². The van der Waals surface area contributed by atoms with Crippen molar-refractivity contribution in [3.63, 3.8) is 0 Å². The van der Waals surface area contributed by atoms with Crippen LogP contribution in [0, 0.1) is 29.1 Å². The molecule has 0 radical (unpaired) electrons. The molecule has 0 saturated heterocycles. The van der Waals surface area contributed by atoms with Gasteiger partial charge in [0.05, 0.1) is 12.0 Å². The molecule has 0 bridgehead atoms. The van der Waals surface area contributed by atoms with E-state index in [9.17, 15) is 4.79 Å². The van der Waals surface area contributed by atoms with E-state index in [1.807, 2.05) is 12.1 Å². The van der Waals surface area contributed by atoms with Gasteiger partial charge in [0, 0.05) is 6.08 Å². The molecule has 2 fully saturated rings. The molecule has 0 atom stereocenters. The molecule has 0 aromatic heterocycles. The molecule has 2 aliphatic rings. The van der Waals surface area contributed by atoms with Gasteiger partial charge in [-0.15, -0.1) is 0 Å². The maximum absolute atomic E-state index is 12.5. The van der Waals surface area contributed by atoms with Crippen molar-refractivity contribution in [3.05, 3.63) is 12.2 Å². The molecule has 0 amide bonds. The first kappa shape index (κ1) is 22.0. The minimum Gasteiger partial charge on any atom is -0.462 e. The van der Waals surface area contributed by atoms with Crippen molar-refractivity contribution >= 4 is 5.97 Å². The van der Waals surface area contributed by atoms with Gasteiger partial charge in [0.1, 0.15) is 6.10 Å². The Morgan fingerprint density at radius 1 is 0.963 bits per heavy atom. The summed E-state index contributed by atoms with van der Waals surface area (Å²) < 4.78 is 5.87. The second kappa shape index (κ2) is 13.0. The normalized spacial score (nSPS) is 28.7. The van der Waals surface area contributed by atoms with Gasteiger partial charge < -0.3 is 4.74 Å². The maximum Gasteiger partial charge on any atom is 0.309 e. The molecule has 0 aromatic rings. The van der Waals surface area contributed by atoms with Gasteiger partial charge in [-0.1, -0.05) is 45.1 Å². The third-order valence-electron chi connectivity index (χ3n) is 6.66. The molecular weight excluding hydrogens is 334 g/mol. The van der Waals surface area contributed by atoms with Crippen LogP contribution in [-0.2, 0) is 9.53 Å². The van der Waals surface area contributed by atoms with E-state index >= 15 is 0 Å². The number of allylic oxidation sites excluding steroid dienone is 2. The van der Waals surface area contributed by atoms with Crippen molar-refractivity contribution in [1.29, 1.82) is 5.26 Å². The van der Waals surface area contributed by atoms with Crippen LogP contribution in [0.5, 0.6) is 0 Å². The second-order valence-corrected chi connectivity index (χ2v) is 8.76. The Balaban J connectivity index is 1.57. The Labute approximate surface area is 166 Å². The summed E-state index contributed by atoms with van der Waals surface area (Å²) in [4.78, 5) is 12.5. The molecule has 152 valence electrons. The Morgan fingerprint density at radius 3 is 2.30 bits per heavy atom. The zero-order chi connectivity index (χ0) is 19.3. The average Bonchev–Trinajstić information content (AvgIpc) is 2.70. The van der Waals surface area contributed by atoms with E-state index in [0.717, 1.165) is 63.2 Å². The number of rotatable bonds is 10. The minimum absolute atomic E-state index is 0.0832. The molecule has 0 aliphatic heterocycles. The van der Waals surface area contributed by atoms with E-state index < -0.39 is 0 Å². The van der Waals surface area contributed by atoms with Crippen molar-refractivity contribution < 1.29 is 9.53 Å². The van der Waals surface area contributed by atoms with Crippen molar-refractivity contribution in [3.8, 4) is 6.07 Å². The Hall–Kier alpha value is -1.30. The first-order valence-corrected chi connectivity index (χ1v) is 11.5. The van der Waals surface area contributed by atoms with Gasteiger partial charge in [-0.2, -0.15) is 5.26 Å². The maximum atomic E-state index is 12.5. The summed E-state index contributed by atoms with van der Waals surface area (Å²) in [7, 11) is 0. The molecule has 0 heterocycles. The van der Waals surface area contributed by atoms with E-state index in [1.165, 1.54) is 44.9 Å². The van der Waals surface area contributed by atoms with Crippen LogP contribution in [0.15, 0.2) is 12.2 Å². The lowest BCUT2D eigenvalue weighted by Crippen LogP contribution is -2.30. The van der Waals surface area contributed by atoms with Crippen molar-refractivity contribution in [1.82, 2.24) is 0 Å². The molecule has 2 aliphatic carbocycles. The van der Waals surface area contributed by atoms with Crippen LogP contribution in [0.1, 0.15) is 103 Å². The van der Waals surface area contributed by atoms with Crippen molar-refractivity contribution in [2.45, 2.75) is 109 Å². The lowest BCUT2D eigenvalue weighted by molar-refractivity contribution is -0.157. The second-order valence-electron chi connectivity index (χ2n) is 8.76. The smallest absolute Gasteiger partial charge is 0.309 e. The molecule has 2 saturated carbocycles. The topological polar surface area (TPSA) is 50.1 Å². The molecule has 27 heavy (non-hydrogen) atoms. The number of carbonyl (C=O) groups is 1. The molecule has 0 spiro atoms. The van der Waals surface area contributed by atoms with Gasteiger partial charge in [-0.05, 0) is 76.0 Å². The molecule has 3 heteroatoms. The highest BCUT2D eigenvalue weighted by molar-refractivity contribution is 5.72. The van der Waals surface area contributed by atoms with E-state index in [2.05, 4.69) is 6.92 Å². The summed E-state index contributed by atoms with van der Waals surface area (Å²) >= 11 is 0. The largest absolute Gasteiger partial charge is 0.462 e. The number of carbonyl (C=O) groups excluding carboxylic acids is 1.